The van der Waals surface area contributed by atoms with Gasteiger partial charge in [0.1, 0.15) is 0 Å². The van der Waals surface area contributed by atoms with Crippen molar-refractivity contribution < 1.29 is 8.42 Å². The summed E-state index contributed by atoms with van der Waals surface area (Å²) in [4.78, 5) is 0.207. The van der Waals surface area contributed by atoms with Gasteiger partial charge in [-0.3, -0.25) is 4.31 Å². The van der Waals surface area contributed by atoms with Gasteiger partial charge in [-0.05, 0) is 35.4 Å². The number of rotatable bonds is 6. The van der Waals surface area contributed by atoms with Crippen molar-refractivity contribution in [2.24, 2.45) is 0 Å². The summed E-state index contributed by atoms with van der Waals surface area (Å²) in [5.74, 6) is 0. The van der Waals surface area contributed by atoms with Gasteiger partial charge in [-0.1, -0.05) is 60.7 Å². The highest BCUT2D eigenvalue weighted by Crippen LogP contribution is 2.26. The fraction of sp³-hybridized carbons (Fsp3) is 0.0952. The van der Waals surface area contributed by atoms with Crippen molar-refractivity contribution in [1.82, 2.24) is 0 Å². The number of nitrogens with zero attached hydrogens (tertiary/aromatic N) is 2. The molecule has 3 aromatic carbocycles. The van der Waals surface area contributed by atoms with E-state index in [4.69, 9.17) is 5.26 Å². The predicted octanol–water partition coefficient (Wildman–Crippen LogP) is 4.46. The van der Waals surface area contributed by atoms with Gasteiger partial charge in [-0.25, -0.2) is 8.42 Å². The molecule has 0 aliphatic heterocycles. The molecule has 0 fully saturated rings. The number of hydrogen-bond acceptors (Lipinski definition) is 3. The van der Waals surface area contributed by atoms with Gasteiger partial charge in [0.25, 0.3) is 10.0 Å². The summed E-state index contributed by atoms with van der Waals surface area (Å²) in [6, 6.07) is 27.5. The molecule has 0 aliphatic rings. The maximum absolute atomic E-state index is 13.1. The minimum atomic E-state index is -3.74. The second-order valence-corrected chi connectivity index (χ2v) is 7.57. The van der Waals surface area contributed by atoms with Crippen LogP contribution in [-0.2, 0) is 10.0 Å². The summed E-state index contributed by atoms with van der Waals surface area (Å²) in [6.45, 7) is 0.114. The molecule has 0 atom stereocenters. The molecule has 3 aromatic rings. The highest BCUT2D eigenvalue weighted by Gasteiger charge is 2.24. The van der Waals surface area contributed by atoms with Crippen molar-refractivity contribution >= 4 is 15.7 Å². The third-order valence-corrected chi connectivity index (χ3v) is 5.86. The van der Waals surface area contributed by atoms with Crippen LogP contribution in [0.4, 0.5) is 5.69 Å². The fourth-order valence-corrected chi connectivity index (χ4v) is 4.18. The maximum Gasteiger partial charge on any atom is 0.264 e. The van der Waals surface area contributed by atoms with Crippen LogP contribution in [-0.4, -0.2) is 15.0 Å². The van der Waals surface area contributed by atoms with E-state index in [0.29, 0.717) is 5.69 Å². The largest absolute Gasteiger partial charge is 0.265 e. The Kier molecular flexibility index (Phi) is 5.35. The lowest BCUT2D eigenvalue weighted by molar-refractivity contribution is 0.591. The lowest BCUT2D eigenvalue weighted by Gasteiger charge is -2.23. The third-order valence-electron chi connectivity index (χ3n) is 4.02. The Labute approximate surface area is 154 Å². The minimum absolute atomic E-state index is 0.114. The van der Waals surface area contributed by atoms with Crippen LogP contribution in [0.1, 0.15) is 6.42 Å². The minimum Gasteiger partial charge on any atom is -0.265 e. The van der Waals surface area contributed by atoms with E-state index in [1.807, 2.05) is 42.5 Å². The summed E-state index contributed by atoms with van der Waals surface area (Å²) in [5, 5.41) is 8.89. The molecular formula is C21H18N2O2S. The van der Waals surface area contributed by atoms with Crippen molar-refractivity contribution in [3.63, 3.8) is 0 Å². The molecule has 0 N–H and O–H groups in total. The molecule has 0 amide bonds. The number of nitriles is 1. The first-order valence-electron chi connectivity index (χ1n) is 8.23. The van der Waals surface area contributed by atoms with Crippen LogP contribution < -0.4 is 4.31 Å². The molecule has 4 nitrogen and oxygen atoms in total. The third kappa shape index (κ3) is 3.76. The molecular weight excluding hydrogens is 344 g/mol. The first-order chi connectivity index (χ1) is 12.6. The molecule has 0 saturated heterocycles. The molecule has 0 radical (unpaired) electrons. The Morgan fingerprint density at radius 3 is 1.88 bits per heavy atom. The molecule has 3 rings (SSSR count). The second kappa shape index (κ2) is 7.85. The quantitative estimate of drug-likeness (QED) is 0.650. The molecule has 26 heavy (non-hydrogen) atoms. The summed E-state index contributed by atoms with van der Waals surface area (Å²) in [5.41, 5.74) is 2.53. The predicted molar refractivity (Wildman–Crippen MR) is 103 cm³/mol. The van der Waals surface area contributed by atoms with Crippen LogP contribution in [0.2, 0.25) is 0 Å². The molecule has 0 heterocycles. The van der Waals surface area contributed by atoms with Crippen molar-refractivity contribution in [2.75, 3.05) is 10.8 Å². The van der Waals surface area contributed by atoms with Crippen LogP contribution in [0.5, 0.6) is 0 Å². The van der Waals surface area contributed by atoms with Gasteiger partial charge in [0, 0.05) is 6.54 Å². The smallest absolute Gasteiger partial charge is 0.264 e. The standard InChI is InChI=1S/C21H18N2O2S/c22-16-7-17-23(20-10-5-2-6-11-20)26(24,25)21-14-12-19(13-15-21)18-8-3-1-4-9-18/h1-6,8-15H,7,17H2. The first kappa shape index (κ1) is 17.7. The van der Waals surface area contributed by atoms with E-state index in [1.165, 1.54) is 4.31 Å². The highest BCUT2D eigenvalue weighted by molar-refractivity contribution is 7.92. The van der Waals surface area contributed by atoms with Crippen molar-refractivity contribution in [2.45, 2.75) is 11.3 Å². The number of anilines is 1. The summed E-state index contributed by atoms with van der Waals surface area (Å²) in [6.07, 6.45) is 0.121. The Balaban J connectivity index is 1.96. The average Bonchev–Trinajstić information content (AvgIpc) is 2.70. The van der Waals surface area contributed by atoms with Crippen molar-refractivity contribution in [1.29, 1.82) is 5.26 Å². The summed E-state index contributed by atoms with van der Waals surface area (Å²) < 4.78 is 27.5. The van der Waals surface area contributed by atoms with E-state index in [-0.39, 0.29) is 17.9 Å². The topological polar surface area (TPSA) is 61.2 Å². The molecule has 0 aromatic heterocycles. The summed E-state index contributed by atoms with van der Waals surface area (Å²) >= 11 is 0. The number of hydrogen-bond donors (Lipinski definition) is 0. The van der Waals surface area contributed by atoms with Crippen molar-refractivity contribution in [3.8, 4) is 17.2 Å². The van der Waals surface area contributed by atoms with E-state index >= 15 is 0 Å². The monoisotopic (exact) mass is 362 g/mol. The lowest BCUT2D eigenvalue weighted by atomic mass is 10.1. The van der Waals surface area contributed by atoms with E-state index in [9.17, 15) is 8.42 Å². The van der Waals surface area contributed by atoms with Gasteiger partial charge in [0.15, 0.2) is 0 Å². The molecule has 0 saturated carbocycles. The van der Waals surface area contributed by atoms with Crippen LogP contribution in [0, 0.1) is 11.3 Å². The van der Waals surface area contributed by atoms with Crippen LogP contribution in [0.3, 0.4) is 0 Å². The Morgan fingerprint density at radius 1 is 0.769 bits per heavy atom. The second-order valence-electron chi connectivity index (χ2n) is 5.71. The number of benzene rings is 3. The lowest BCUT2D eigenvalue weighted by Crippen LogP contribution is -2.31. The summed E-state index contributed by atoms with van der Waals surface area (Å²) in [7, 11) is -3.74. The van der Waals surface area contributed by atoms with Gasteiger partial charge < -0.3 is 0 Å². The molecule has 130 valence electrons. The van der Waals surface area contributed by atoms with E-state index in [2.05, 4.69) is 0 Å². The van der Waals surface area contributed by atoms with Gasteiger partial charge in [0.2, 0.25) is 0 Å². The molecule has 0 unspecified atom stereocenters. The Hall–Kier alpha value is -3.10. The van der Waals surface area contributed by atoms with Gasteiger partial charge in [-0.15, -0.1) is 0 Å². The Bertz CT molecular complexity index is 993. The van der Waals surface area contributed by atoms with Crippen LogP contribution in [0.25, 0.3) is 11.1 Å². The normalized spacial score (nSPS) is 10.9. The molecule has 0 aliphatic carbocycles. The molecule has 0 bridgehead atoms. The number of para-hydroxylation sites is 1. The van der Waals surface area contributed by atoms with Crippen LogP contribution in [0.15, 0.2) is 89.8 Å². The highest BCUT2D eigenvalue weighted by atomic mass is 32.2. The van der Waals surface area contributed by atoms with Gasteiger partial charge in [0.05, 0.1) is 23.1 Å². The Morgan fingerprint density at radius 2 is 1.31 bits per heavy atom. The van der Waals surface area contributed by atoms with Gasteiger partial charge in [-0.2, -0.15) is 5.26 Å². The number of sulfonamides is 1. The maximum atomic E-state index is 13.1. The van der Waals surface area contributed by atoms with E-state index in [1.54, 1.807) is 48.5 Å². The van der Waals surface area contributed by atoms with Crippen molar-refractivity contribution in [3.05, 3.63) is 84.9 Å². The van der Waals surface area contributed by atoms with E-state index < -0.39 is 10.0 Å². The zero-order valence-electron chi connectivity index (χ0n) is 14.1. The first-order valence-corrected chi connectivity index (χ1v) is 9.67. The zero-order valence-corrected chi connectivity index (χ0v) is 14.9. The SMILES string of the molecule is N#CCCN(c1ccccc1)S(=O)(=O)c1ccc(-c2ccccc2)cc1. The molecule has 0 spiro atoms. The molecule has 5 heteroatoms. The van der Waals surface area contributed by atoms with E-state index in [0.717, 1.165) is 11.1 Å². The van der Waals surface area contributed by atoms with Gasteiger partial charge >= 0.3 is 0 Å². The fourth-order valence-electron chi connectivity index (χ4n) is 2.71. The van der Waals surface area contributed by atoms with Crippen LogP contribution >= 0.6 is 0 Å². The zero-order chi connectivity index (χ0) is 18.4. The average molecular weight is 362 g/mol.